The van der Waals surface area contributed by atoms with Crippen LogP contribution in [0.3, 0.4) is 0 Å². The summed E-state index contributed by atoms with van der Waals surface area (Å²) in [4.78, 5) is 8.80. The zero-order chi connectivity index (χ0) is 19.2. The zero-order valence-electron chi connectivity index (χ0n) is 15.4. The van der Waals surface area contributed by atoms with Gasteiger partial charge in [-0.15, -0.1) is 0 Å². The van der Waals surface area contributed by atoms with Gasteiger partial charge >= 0.3 is 0 Å². The molecule has 0 atom stereocenters. The molecule has 3 rings (SSSR count). The molecule has 2 aromatic carbocycles. The summed E-state index contributed by atoms with van der Waals surface area (Å²) in [5, 5.41) is 6.28. The van der Waals surface area contributed by atoms with Crippen LogP contribution in [-0.4, -0.2) is 24.2 Å². The Bertz CT molecular complexity index is 934. The number of nitrogens with zero attached hydrogens (tertiary/aromatic N) is 2. The quantitative estimate of drug-likeness (QED) is 0.648. The molecule has 0 unspecified atom stereocenters. The van der Waals surface area contributed by atoms with Crippen molar-refractivity contribution in [1.29, 1.82) is 0 Å². The third kappa shape index (κ3) is 4.63. The van der Waals surface area contributed by atoms with Crippen LogP contribution < -0.4 is 20.1 Å². The second-order valence-corrected chi connectivity index (χ2v) is 5.85. The first-order valence-electron chi connectivity index (χ1n) is 8.41. The molecule has 0 aliphatic heterocycles. The number of aromatic nitrogens is 2. The molecule has 0 bridgehead atoms. The van der Waals surface area contributed by atoms with Crippen molar-refractivity contribution >= 4 is 17.5 Å². The third-order valence-corrected chi connectivity index (χ3v) is 3.92. The molecule has 0 radical (unpaired) electrons. The third-order valence-electron chi connectivity index (χ3n) is 3.92. The van der Waals surface area contributed by atoms with Crippen molar-refractivity contribution in [2.75, 3.05) is 24.9 Å². The second-order valence-electron chi connectivity index (χ2n) is 5.85. The number of hydrogen-bond donors (Lipinski definition) is 2. The predicted molar refractivity (Wildman–Crippen MR) is 103 cm³/mol. The summed E-state index contributed by atoms with van der Waals surface area (Å²) in [5.41, 5.74) is 2.07. The van der Waals surface area contributed by atoms with Crippen molar-refractivity contribution in [3.63, 3.8) is 0 Å². The molecule has 1 heterocycles. The molecule has 0 saturated carbocycles. The Labute approximate surface area is 157 Å². The Morgan fingerprint density at radius 3 is 2.56 bits per heavy atom. The van der Waals surface area contributed by atoms with E-state index in [0.717, 1.165) is 11.4 Å². The van der Waals surface area contributed by atoms with E-state index in [1.807, 2.05) is 25.1 Å². The smallest absolute Gasteiger partial charge is 0.225 e. The highest BCUT2D eigenvalue weighted by Gasteiger charge is 2.09. The molecule has 0 fully saturated rings. The Balaban J connectivity index is 1.78. The highest BCUT2D eigenvalue weighted by Crippen LogP contribution is 2.31. The number of methoxy groups -OCH3 is 2. The van der Waals surface area contributed by atoms with E-state index >= 15 is 0 Å². The summed E-state index contributed by atoms with van der Waals surface area (Å²) in [7, 11) is 3.19. The minimum atomic E-state index is -0.265. The maximum absolute atomic E-state index is 13.8. The monoisotopic (exact) mass is 368 g/mol. The van der Waals surface area contributed by atoms with Crippen LogP contribution in [0.4, 0.5) is 21.8 Å². The molecular weight excluding hydrogens is 347 g/mol. The lowest BCUT2D eigenvalue weighted by Gasteiger charge is -2.13. The van der Waals surface area contributed by atoms with Gasteiger partial charge in [0.15, 0.2) is 0 Å². The molecule has 1 aromatic heterocycles. The van der Waals surface area contributed by atoms with Gasteiger partial charge in [0.1, 0.15) is 23.1 Å². The summed E-state index contributed by atoms with van der Waals surface area (Å²) in [6.45, 7) is 2.16. The summed E-state index contributed by atoms with van der Waals surface area (Å²) in [6, 6.07) is 13.9. The predicted octanol–water partition coefficient (Wildman–Crippen LogP) is 4.30. The molecule has 3 aromatic rings. The van der Waals surface area contributed by atoms with Gasteiger partial charge in [-0.1, -0.05) is 18.2 Å². The maximum Gasteiger partial charge on any atom is 0.225 e. The molecular formula is C20H21FN4O2. The minimum Gasteiger partial charge on any atom is -0.497 e. The van der Waals surface area contributed by atoms with Crippen molar-refractivity contribution in [3.05, 3.63) is 65.6 Å². The van der Waals surface area contributed by atoms with Crippen molar-refractivity contribution in [1.82, 2.24) is 9.97 Å². The van der Waals surface area contributed by atoms with Crippen LogP contribution in [0.15, 0.2) is 48.5 Å². The van der Waals surface area contributed by atoms with Gasteiger partial charge in [-0.05, 0) is 25.1 Å². The van der Waals surface area contributed by atoms with E-state index in [1.54, 1.807) is 38.5 Å². The second kappa shape index (κ2) is 8.35. The van der Waals surface area contributed by atoms with E-state index in [-0.39, 0.29) is 5.82 Å². The van der Waals surface area contributed by atoms with Gasteiger partial charge in [-0.25, -0.2) is 9.37 Å². The molecule has 2 N–H and O–H groups in total. The first-order chi connectivity index (χ1) is 13.1. The summed E-state index contributed by atoms with van der Waals surface area (Å²) in [5.74, 6) is 2.07. The number of ether oxygens (including phenoxy) is 2. The number of nitrogens with one attached hydrogen (secondary N) is 2. The Morgan fingerprint density at radius 1 is 1.00 bits per heavy atom. The lowest BCUT2D eigenvalue weighted by Crippen LogP contribution is -2.07. The van der Waals surface area contributed by atoms with Crippen LogP contribution in [-0.2, 0) is 6.54 Å². The molecule has 6 nitrogen and oxygen atoms in total. The van der Waals surface area contributed by atoms with E-state index in [9.17, 15) is 4.39 Å². The number of benzene rings is 2. The fraction of sp³-hybridized carbons (Fsp3) is 0.200. The molecule has 0 saturated heterocycles. The highest BCUT2D eigenvalue weighted by molar-refractivity contribution is 5.66. The van der Waals surface area contributed by atoms with E-state index in [4.69, 9.17) is 9.47 Å². The van der Waals surface area contributed by atoms with Gasteiger partial charge < -0.3 is 20.1 Å². The summed E-state index contributed by atoms with van der Waals surface area (Å²) in [6.07, 6.45) is 0. The van der Waals surface area contributed by atoms with Crippen molar-refractivity contribution in [2.45, 2.75) is 13.5 Å². The number of hydrogen-bond acceptors (Lipinski definition) is 6. The first kappa shape index (κ1) is 18.4. The van der Waals surface area contributed by atoms with Crippen molar-refractivity contribution < 1.29 is 13.9 Å². The van der Waals surface area contributed by atoms with Crippen LogP contribution in [0, 0.1) is 12.7 Å². The fourth-order valence-corrected chi connectivity index (χ4v) is 2.57. The molecule has 0 aliphatic carbocycles. The van der Waals surface area contributed by atoms with Gasteiger partial charge in [-0.2, -0.15) is 4.98 Å². The van der Waals surface area contributed by atoms with E-state index < -0.39 is 0 Å². The molecule has 0 aliphatic rings. The summed E-state index contributed by atoms with van der Waals surface area (Å²) < 4.78 is 24.4. The minimum absolute atomic E-state index is 0.265. The van der Waals surface area contributed by atoms with E-state index in [1.165, 1.54) is 6.07 Å². The highest BCUT2D eigenvalue weighted by atomic mass is 19.1. The average Bonchev–Trinajstić information content (AvgIpc) is 2.67. The molecule has 7 heteroatoms. The molecule has 0 amide bonds. The molecule has 140 valence electrons. The SMILES string of the molecule is COc1ccc(Nc2cc(C)nc(NCc3ccccc3F)n2)c(OC)c1. The zero-order valence-corrected chi connectivity index (χ0v) is 15.4. The number of aryl methyl sites for hydroxylation is 1. The fourth-order valence-electron chi connectivity index (χ4n) is 2.57. The van der Waals surface area contributed by atoms with Gasteiger partial charge in [0.05, 0.1) is 19.9 Å². The van der Waals surface area contributed by atoms with E-state index in [2.05, 4.69) is 20.6 Å². The van der Waals surface area contributed by atoms with Crippen LogP contribution in [0.25, 0.3) is 0 Å². The lowest BCUT2D eigenvalue weighted by molar-refractivity contribution is 0.395. The Morgan fingerprint density at radius 2 is 1.81 bits per heavy atom. The lowest BCUT2D eigenvalue weighted by atomic mass is 10.2. The van der Waals surface area contributed by atoms with Gasteiger partial charge in [0.2, 0.25) is 5.95 Å². The average molecular weight is 368 g/mol. The molecule has 27 heavy (non-hydrogen) atoms. The van der Waals surface area contributed by atoms with Gasteiger partial charge in [0.25, 0.3) is 0 Å². The number of halogens is 1. The van der Waals surface area contributed by atoms with Crippen LogP contribution >= 0.6 is 0 Å². The Hall–Kier alpha value is -3.35. The van der Waals surface area contributed by atoms with Crippen molar-refractivity contribution in [2.24, 2.45) is 0 Å². The number of rotatable bonds is 7. The normalized spacial score (nSPS) is 10.4. The standard InChI is InChI=1S/C20H21FN4O2/c1-13-10-19(24-17-9-8-15(26-2)11-18(17)27-3)25-20(23-13)22-12-14-6-4-5-7-16(14)21/h4-11H,12H2,1-3H3,(H2,22,23,24,25). The van der Waals surface area contributed by atoms with Gasteiger partial charge in [0, 0.05) is 29.9 Å². The van der Waals surface area contributed by atoms with Crippen molar-refractivity contribution in [3.8, 4) is 11.5 Å². The Kier molecular flexibility index (Phi) is 5.71. The maximum atomic E-state index is 13.8. The van der Waals surface area contributed by atoms with Crippen LogP contribution in [0.2, 0.25) is 0 Å². The number of anilines is 3. The molecule has 0 spiro atoms. The topological polar surface area (TPSA) is 68.3 Å². The first-order valence-corrected chi connectivity index (χ1v) is 8.41. The van der Waals surface area contributed by atoms with Crippen LogP contribution in [0.5, 0.6) is 11.5 Å². The summed E-state index contributed by atoms with van der Waals surface area (Å²) >= 11 is 0. The van der Waals surface area contributed by atoms with Gasteiger partial charge in [-0.3, -0.25) is 0 Å². The van der Waals surface area contributed by atoms with E-state index in [0.29, 0.717) is 35.4 Å². The largest absolute Gasteiger partial charge is 0.497 e. The van der Waals surface area contributed by atoms with Crippen LogP contribution in [0.1, 0.15) is 11.3 Å².